The molecule has 0 bridgehead atoms. The molecule has 0 aromatic heterocycles. The molecule has 0 spiro atoms. The van der Waals surface area contributed by atoms with E-state index in [0.717, 1.165) is 22.9 Å². The standard InChI is InChI=1S/C21H33NO5S2/c1-20(2,3)15-11-14(12-16(18(15)24)21(4,5)6)19-22(17(23)13-28-19)9-8-10-27-29(7,25)26/h11-12,19,24H,8-10,13H2,1-7H3/t19-/m0/s1. The van der Waals surface area contributed by atoms with Crippen molar-refractivity contribution in [3.8, 4) is 5.75 Å². The van der Waals surface area contributed by atoms with Crippen molar-refractivity contribution >= 4 is 27.8 Å². The molecule has 0 radical (unpaired) electrons. The van der Waals surface area contributed by atoms with E-state index in [0.29, 0.717) is 24.5 Å². The topological polar surface area (TPSA) is 83.9 Å². The van der Waals surface area contributed by atoms with Gasteiger partial charge in [0.25, 0.3) is 10.1 Å². The van der Waals surface area contributed by atoms with E-state index in [1.165, 1.54) is 0 Å². The van der Waals surface area contributed by atoms with Crippen molar-refractivity contribution in [3.05, 3.63) is 28.8 Å². The number of hydrogen-bond acceptors (Lipinski definition) is 6. The lowest BCUT2D eigenvalue weighted by Crippen LogP contribution is -2.30. The largest absolute Gasteiger partial charge is 0.507 e. The average Bonchev–Trinajstić information content (AvgIpc) is 2.89. The van der Waals surface area contributed by atoms with Gasteiger partial charge in [-0.3, -0.25) is 8.98 Å². The molecule has 1 atom stereocenters. The van der Waals surface area contributed by atoms with E-state index in [9.17, 15) is 18.3 Å². The molecule has 2 rings (SSSR count). The summed E-state index contributed by atoms with van der Waals surface area (Å²) >= 11 is 1.56. The predicted molar refractivity (Wildman–Crippen MR) is 118 cm³/mol. The number of nitrogens with zero attached hydrogens (tertiary/aromatic N) is 1. The summed E-state index contributed by atoms with van der Waals surface area (Å²) in [6, 6.07) is 4.00. The highest BCUT2D eigenvalue weighted by Crippen LogP contribution is 2.45. The highest BCUT2D eigenvalue weighted by Gasteiger charge is 2.35. The van der Waals surface area contributed by atoms with Crippen LogP contribution in [0.15, 0.2) is 12.1 Å². The average molecular weight is 444 g/mol. The van der Waals surface area contributed by atoms with Crippen LogP contribution in [0, 0.1) is 0 Å². The SMILES string of the molecule is CC(C)(C)c1cc([C@@H]2SCC(=O)N2CCCOS(C)(=O)=O)cc(C(C)(C)C)c1O. The summed E-state index contributed by atoms with van der Waals surface area (Å²) in [6.07, 6.45) is 1.46. The van der Waals surface area contributed by atoms with Crippen molar-refractivity contribution in [2.24, 2.45) is 0 Å². The minimum Gasteiger partial charge on any atom is -0.507 e. The van der Waals surface area contributed by atoms with Crippen molar-refractivity contribution < 1.29 is 22.5 Å². The maximum atomic E-state index is 12.5. The lowest BCUT2D eigenvalue weighted by atomic mass is 9.78. The molecule has 1 N–H and O–H groups in total. The number of aromatic hydroxyl groups is 1. The molecule has 1 fully saturated rings. The van der Waals surface area contributed by atoms with Gasteiger partial charge < -0.3 is 10.0 Å². The molecule has 1 aliphatic heterocycles. The summed E-state index contributed by atoms with van der Waals surface area (Å²) in [6.45, 7) is 12.8. The monoisotopic (exact) mass is 443 g/mol. The van der Waals surface area contributed by atoms with Crippen LogP contribution in [-0.4, -0.2) is 49.5 Å². The van der Waals surface area contributed by atoms with Crippen LogP contribution in [0.25, 0.3) is 0 Å². The van der Waals surface area contributed by atoms with Crippen LogP contribution in [-0.2, 0) is 29.9 Å². The molecule has 1 aliphatic rings. The Morgan fingerprint density at radius 3 is 2.10 bits per heavy atom. The Balaban J connectivity index is 2.37. The fourth-order valence-corrected chi connectivity index (χ4v) is 4.98. The van der Waals surface area contributed by atoms with Gasteiger partial charge in [0.05, 0.1) is 18.6 Å². The number of rotatable bonds is 6. The third kappa shape index (κ3) is 6.12. The first-order valence-electron chi connectivity index (χ1n) is 9.74. The Morgan fingerprint density at radius 1 is 1.14 bits per heavy atom. The molecule has 29 heavy (non-hydrogen) atoms. The fraction of sp³-hybridized carbons (Fsp3) is 0.667. The summed E-state index contributed by atoms with van der Waals surface area (Å²) in [5, 5.41) is 10.8. The van der Waals surface area contributed by atoms with Gasteiger partial charge in [-0.05, 0) is 46.1 Å². The number of benzene rings is 1. The minimum atomic E-state index is -3.48. The predicted octanol–water partition coefficient (Wildman–Crippen LogP) is 3.93. The zero-order valence-electron chi connectivity index (χ0n) is 18.4. The summed E-state index contributed by atoms with van der Waals surface area (Å²) < 4.78 is 27.1. The second kappa shape index (κ2) is 8.47. The van der Waals surface area contributed by atoms with E-state index in [2.05, 4.69) is 41.5 Å². The van der Waals surface area contributed by atoms with E-state index in [-0.39, 0.29) is 28.7 Å². The van der Waals surface area contributed by atoms with Crippen molar-refractivity contribution in [1.82, 2.24) is 4.90 Å². The molecule has 164 valence electrons. The normalized spacial score (nSPS) is 18.5. The molecule has 1 amide bonds. The molecule has 1 aromatic rings. The van der Waals surface area contributed by atoms with Crippen molar-refractivity contribution in [1.29, 1.82) is 0 Å². The van der Waals surface area contributed by atoms with E-state index in [1.807, 2.05) is 12.1 Å². The first kappa shape index (κ1) is 24.0. The van der Waals surface area contributed by atoms with Gasteiger partial charge in [-0.15, -0.1) is 11.8 Å². The van der Waals surface area contributed by atoms with E-state index in [4.69, 9.17) is 4.18 Å². The Hall–Kier alpha value is -1.25. The van der Waals surface area contributed by atoms with Gasteiger partial charge in [-0.25, -0.2) is 0 Å². The first-order chi connectivity index (χ1) is 13.1. The van der Waals surface area contributed by atoms with Crippen molar-refractivity contribution in [3.63, 3.8) is 0 Å². The Bertz CT molecular complexity index is 831. The molecule has 0 aliphatic carbocycles. The lowest BCUT2D eigenvalue weighted by Gasteiger charge is -2.31. The van der Waals surface area contributed by atoms with Gasteiger partial charge >= 0.3 is 0 Å². The van der Waals surface area contributed by atoms with Crippen LogP contribution in [0.3, 0.4) is 0 Å². The van der Waals surface area contributed by atoms with Gasteiger partial charge in [0.15, 0.2) is 0 Å². The molecule has 6 nitrogen and oxygen atoms in total. The molecule has 0 unspecified atom stereocenters. The number of hydrogen-bond donors (Lipinski definition) is 1. The molecular weight excluding hydrogens is 410 g/mol. The van der Waals surface area contributed by atoms with Gasteiger partial charge in [-0.1, -0.05) is 41.5 Å². The van der Waals surface area contributed by atoms with Crippen molar-refractivity contribution in [2.45, 2.75) is 64.2 Å². The summed E-state index contributed by atoms with van der Waals surface area (Å²) in [5.41, 5.74) is 2.21. The Morgan fingerprint density at radius 2 is 1.66 bits per heavy atom. The van der Waals surface area contributed by atoms with E-state index >= 15 is 0 Å². The molecule has 1 saturated heterocycles. The van der Waals surface area contributed by atoms with Gasteiger partial charge in [0, 0.05) is 6.54 Å². The van der Waals surface area contributed by atoms with Crippen LogP contribution in [0.2, 0.25) is 0 Å². The molecule has 1 aromatic carbocycles. The second-order valence-electron chi connectivity index (χ2n) is 9.59. The van der Waals surface area contributed by atoms with Crippen LogP contribution >= 0.6 is 11.8 Å². The summed E-state index contributed by atoms with van der Waals surface area (Å²) in [7, 11) is -3.48. The highest BCUT2D eigenvalue weighted by atomic mass is 32.2. The maximum Gasteiger partial charge on any atom is 0.264 e. The third-order valence-electron chi connectivity index (χ3n) is 4.84. The number of amides is 1. The number of carbonyl (C=O) groups excluding carboxylic acids is 1. The van der Waals surface area contributed by atoms with Crippen LogP contribution < -0.4 is 0 Å². The van der Waals surface area contributed by atoms with E-state index < -0.39 is 10.1 Å². The zero-order valence-corrected chi connectivity index (χ0v) is 20.0. The molecule has 1 heterocycles. The second-order valence-corrected chi connectivity index (χ2v) is 12.3. The summed E-state index contributed by atoms with van der Waals surface area (Å²) in [5.74, 6) is 0.729. The number of carbonyl (C=O) groups is 1. The fourth-order valence-electron chi connectivity index (χ4n) is 3.36. The number of phenols is 1. The van der Waals surface area contributed by atoms with Gasteiger partial charge in [-0.2, -0.15) is 8.42 Å². The van der Waals surface area contributed by atoms with Crippen molar-refractivity contribution in [2.75, 3.05) is 25.2 Å². The lowest BCUT2D eigenvalue weighted by molar-refractivity contribution is -0.128. The Labute approximate surface area is 179 Å². The number of phenolic OH excluding ortho intramolecular Hbond substituents is 1. The van der Waals surface area contributed by atoms with Crippen LogP contribution in [0.5, 0.6) is 5.75 Å². The van der Waals surface area contributed by atoms with Crippen LogP contribution in [0.1, 0.15) is 70.0 Å². The molecular formula is C21H33NO5S2. The highest BCUT2D eigenvalue weighted by molar-refractivity contribution is 8.00. The molecule has 8 heteroatoms. The molecule has 0 saturated carbocycles. The number of thioether (sulfide) groups is 1. The maximum absolute atomic E-state index is 12.5. The van der Waals surface area contributed by atoms with Gasteiger partial charge in [0.1, 0.15) is 11.1 Å². The van der Waals surface area contributed by atoms with Crippen LogP contribution in [0.4, 0.5) is 0 Å². The quantitative estimate of drug-likeness (QED) is 0.530. The summed E-state index contributed by atoms with van der Waals surface area (Å²) in [4.78, 5) is 14.3. The minimum absolute atomic E-state index is 0.0297. The first-order valence-corrected chi connectivity index (χ1v) is 12.6. The third-order valence-corrected chi connectivity index (χ3v) is 6.69. The Kier molecular flexibility index (Phi) is 7.02. The van der Waals surface area contributed by atoms with E-state index in [1.54, 1.807) is 16.7 Å². The zero-order chi connectivity index (χ0) is 22.2. The smallest absolute Gasteiger partial charge is 0.264 e. The van der Waals surface area contributed by atoms with Gasteiger partial charge in [0.2, 0.25) is 5.91 Å².